The van der Waals surface area contributed by atoms with Crippen molar-refractivity contribution in [2.75, 3.05) is 5.32 Å². The second-order valence-corrected chi connectivity index (χ2v) is 4.80. The summed E-state index contributed by atoms with van der Waals surface area (Å²) in [5.41, 5.74) is 5.95. The maximum Gasteiger partial charge on any atom is 0.337 e. The number of anilines is 1. The summed E-state index contributed by atoms with van der Waals surface area (Å²) in [6.07, 6.45) is 1.35. The zero-order chi connectivity index (χ0) is 13.7. The predicted molar refractivity (Wildman–Crippen MR) is 72.6 cm³/mol. The first-order valence-corrected chi connectivity index (χ1v) is 6.34. The lowest BCUT2D eigenvalue weighted by atomic mass is 10.1. The molecular weight excluding hydrogens is 300 g/mol. The Balaban J connectivity index is 2.92. The molecule has 0 heterocycles. The van der Waals surface area contributed by atoms with Crippen LogP contribution in [0.15, 0.2) is 22.7 Å². The predicted octanol–water partition coefficient (Wildman–Crippen LogP) is 2.21. The summed E-state index contributed by atoms with van der Waals surface area (Å²) in [5.74, 6) is -1.47. The smallest absolute Gasteiger partial charge is 0.337 e. The lowest BCUT2D eigenvalue weighted by Gasteiger charge is -2.13. The van der Waals surface area contributed by atoms with Gasteiger partial charge in [-0.2, -0.15) is 0 Å². The van der Waals surface area contributed by atoms with E-state index in [4.69, 9.17) is 10.8 Å². The first-order valence-electron chi connectivity index (χ1n) is 5.55. The Kier molecular flexibility index (Phi) is 5.30. The summed E-state index contributed by atoms with van der Waals surface area (Å²) in [4.78, 5) is 22.8. The maximum absolute atomic E-state index is 11.7. The molecule has 0 aliphatic rings. The third-order valence-corrected chi connectivity index (χ3v) is 2.90. The van der Waals surface area contributed by atoms with Gasteiger partial charge in [0.1, 0.15) is 0 Å². The van der Waals surface area contributed by atoms with Gasteiger partial charge in [-0.1, -0.05) is 29.3 Å². The van der Waals surface area contributed by atoms with Gasteiger partial charge in [0.05, 0.1) is 17.3 Å². The van der Waals surface area contributed by atoms with E-state index in [1.165, 1.54) is 6.07 Å². The average Bonchev–Trinajstić information content (AvgIpc) is 2.28. The van der Waals surface area contributed by atoms with Crippen molar-refractivity contribution in [1.29, 1.82) is 0 Å². The van der Waals surface area contributed by atoms with Crippen LogP contribution >= 0.6 is 15.9 Å². The highest BCUT2D eigenvalue weighted by molar-refractivity contribution is 9.10. The summed E-state index contributed by atoms with van der Waals surface area (Å²) in [6.45, 7) is 1.93. The highest BCUT2D eigenvalue weighted by atomic mass is 79.9. The van der Waals surface area contributed by atoms with Crippen molar-refractivity contribution < 1.29 is 14.7 Å². The second kappa shape index (κ2) is 6.51. The van der Waals surface area contributed by atoms with E-state index in [0.717, 1.165) is 6.42 Å². The van der Waals surface area contributed by atoms with Gasteiger partial charge in [0.2, 0.25) is 5.91 Å². The molecule has 18 heavy (non-hydrogen) atoms. The van der Waals surface area contributed by atoms with E-state index in [1.807, 2.05) is 6.92 Å². The Morgan fingerprint density at radius 2 is 2.17 bits per heavy atom. The summed E-state index contributed by atoms with van der Waals surface area (Å²) in [5, 5.41) is 11.6. The number of hydrogen-bond acceptors (Lipinski definition) is 3. The Labute approximate surface area is 113 Å². The third kappa shape index (κ3) is 3.82. The number of aromatic carboxylic acids is 1. The number of nitrogens with two attached hydrogens (primary N) is 1. The van der Waals surface area contributed by atoms with Crippen LogP contribution in [0, 0.1) is 0 Å². The van der Waals surface area contributed by atoms with E-state index in [-0.39, 0.29) is 17.2 Å². The summed E-state index contributed by atoms with van der Waals surface area (Å²) in [6, 6.07) is 3.94. The van der Waals surface area contributed by atoms with Crippen LogP contribution < -0.4 is 11.1 Å². The normalized spacial score (nSPS) is 11.9. The Bertz CT molecular complexity index is 463. The molecule has 1 amide bonds. The fraction of sp³-hybridized carbons (Fsp3) is 0.333. The largest absolute Gasteiger partial charge is 0.478 e. The van der Waals surface area contributed by atoms with Crippen molar-refractivity contribution in [2.24, 2.45) is 5.73 Å². The number of halogens is 1. The minimum atomic E-state index is -1.10. The summed E-state index contributed by atoms with van der Waals surface area (Å²) >= 11 is 3.23. The molecule has 4 N–H and O–H groups in total. The van der Waals surface area contributed by atoms with Crippen molar-refractivity contribution in [1.82, 2.24) is 0 Å². The number of hydrogen-bond donors (Lipinski definition) is 3. The molecule has 0 radical (unpaired) electrons. The van der Waals surface area contributed by atoms with Gasteiger partial charge in [0, 0.05) is 4.47 Å². The molecular formula is C12H15BrN2O3. The van der Waals surface area contributed by atoms with E-state index in [2.05, 4.69) is 21.2 Å². The Hall–Kier alpha value is -1.40. The molecule has 0 aliphatic heterocycles. The van der Waals surface area contributed by atoms with Crippen LogP contribution in [0.5, 0.6) is 0 Å². The monoisotopic (exact) mass is 314 g/mol. The highest BCUT2D eigenvalue weighted by Gasteiger charge is 2.16. The topological polar surface area (TPSA) is 92.4 Å². The molecule has 5 nitrogen and oxygen atoms in total. The second-order valence-electron chi connectivity index (χ2n) is 3.88. The number of carbonyl (C=O) groups is 2. The van der Waals surface area contributed by atoms with Crippen molar-refractivity contribution in [2.45, 2.75) is 25.8 Å². The van der Waals surface area contributed by atoms with Crippen LogP contribution in [0.25, 0.3) is 0 Å². The summed E-state index contributed by atoms with van der Waals surface area (Å²) < 4.78 is 0.687. The molecule has 1 aromatic carbocycles. The summed E-state index contributed by atoms with van der Waals surface area (Å²) in [7, 11) is 0. The highest BCUT2D eigenvalue weighted by Crippen LogP contribution is 2.21. The van der Waals surface area contributed by atoms with Crippen LogP contribution in [-0.4, -0.2) is 23.0 Å². The van der Waals surface area contributed by atoms with E-state index in [1.54, 1.807) is 12.1 Å². The molecule has 0 saturated carbocycles. The van der Waals surface area contributed by atoms with E-state index >= 15 is 0 Å². The molecule has 0 aliphatic carbocycles. The van der Waals surface area contributed by atoms with Crippen molar-refractivity contribution in [3.8, 4) is 0 Å². The molecule has 0 unspecified atom stereocenters. The molecule has 1 rings (SSSR count). The van der Waals surface area contributed by atoms with Crippen LogP contribution in [0.1, 0.15) is 30.1 Å². The minimum Gasteiger partial charge on any atom is -0.478 e. The number of benzene rings is 1. The van der Waals surface area contributed by atoms with Crippen LogP contribution in [-0.2, 0) is 4.79 Å². The fourth-order valence-corrected chi connectivity index (χ4v) is 1.83. The fourth-order valence-electron chi connectivity index (χ4n) is 1.47. The van der Waals surface area contributed by atoms with Gasteiger partial charge in [-0.05, 0) is 24.6 Å². The zero-order valence-electron chi connectivity index (χ0n) is 9.94. The van der Waals surface area contributed by atoms with Gasteiger partial charge in [-0.15, -0.1) is 0 Å². The van der Waals surface area contributed by atoms with Gasteiger partial charge < -0.3 is 16.2 Å². The molecule has 98 valence electrons. The van der Waals surface area contributed by atoms with Gasteiger partial charge >= 0.3 is 5.97 Å². The molecule has 6 heteroatoms. The quantitative estimate of drug-likeness (QED) is 0.777. The Morgan fingerprint density at radius 3 is 2.72 bits per heavy atom. The number of rotatable bonds is 5. The number of carboxylic acid groups (broad SMARTS) is 1. The maximum atomic E-state index is 11.7. The lowest BCUT2D eigenvalue weighted by Crippen LogP contribution is -2.35. The average molecular weight is 315 g/mol. The van der Waals surface area contributed by atoms with E-state index < -0.39 is 12.0 Å². The van der Waals surface area contributed by atoms with E-state index in [9.17, 15) is 9.59 Å². The number of carboxylic acids is 1. The van der Waals surface area contributed by atoms with Gasteiger partial charge in [0.15, 0.2) is 0 Å². The van der Waals surface area contributed by atoms with Crippen molar-refractivity contribution in [3.63, 3.8) is 0 Å². The molecule has 0 bridgehead atoms. The number of amides is 1. The standard InChI is InChI=1S/C12H15BrN2O3/c1-2-3-9(14)11(16)15-10-6-7(13)4-5-8(10)12(17)18/h4-6,9H,2-3,14H2,1H3,(H,15,16)(H,17,18)/t9-/m1/s1. The van der Waals surface area contributed by atoms with Crippen LogP contribution in [0.3, 0.4) is 0 Å². The molecule has 0 aromatic heterocycles. The molecule has 0 saturated heterocycles. The van der Waals surface area contributed by atoms with Crippen LogP contribution in [0.4, 0.5) is 5.69 Å². The number of nitrogens with one attached hydrogen (secondary N) is 1. The first-order chi connectivity index (χ1) is 8.45. The molecule has 1 atom stereocenters. The minimum absolute atomic E-state index is 0.0373. The first kappa shape index (κ1) is 14.7. The Morgan fingerprint density at radius 1 is 1.50 bits per heavy atom. The lowest BCUT2D eigenvalue weighted by molar-refractivity contribution is -0.117. The van der Waals surface area contributed by atoms with Gasteiger partial charge in [0.25, 0.3) is 0 Å². The van der Waals surface area contributed by atoms with Crippen LogP contribution in [0.2, 0.25) is 0 Å². The van der Waals surface area contributed by atoms with E-state index in [0.29, 0.717) is 10.9 Å². The van der Waals surface area contributed by atoms with Crippen molar-refractivity contribution >= 4 is 33.5 Å². The molecule has 0 fully saturated rings. The SMILES string of the molecule is CCC[C@@H](N)C(=O)Nc1cc(Br)ccc1C(=O)O. The molecule has 0 spiro atoms. The van der Waals surface area contributed by atoms with Crippen molar-refractivity contribution in [3.05, 3.63) is 28.2 Å². The zero-order valence-corrected chi connectivity index (χ0v) is 11.5. The van der Waals surface area contributed by atoms with Gasteiger partial charge in [-0.25, -0.2) is 4.79 Å². The third-order valence-electron chi connectivity index (χ3n) is 2.41. The molecule has 1 aromatic rings. The number of carbonyl (C=O) groups excluding carboxylic acids is 1. The van der Waals surface area contributed by atoms with Gasteiger partial charge in [-0.3, -0.25) is 4.79 Å².